The van der Waals surface area contributed by atoms with Crippen LogP contribution >= 0.6 is 15.9 Å². The molecular formula is C17H19BrFNO. The van der Waals surface area contributed by atoms with E-state index in [-0.39, 0.29) is 18.0 Å². The van der Waals surface area contributed by atoms with Gasteiger partial charge in [0, 0.05) is 10.0 Å². The predicted octanol–water partition coefficient (Wildman–Crippen LogP) is 5.55. The van der Waals surface area contributed by atoms with Crippen LogP contribution in [0.1, 0.15) is 32.4 Å². The van der Waals surface area contributed by atoms with Crippen LogP contribution in [0, 0.1) is 5.82 Å². The fourth-order valence-electron chi connectivity index (χ4n) is 2.10. The van der Waals surface area contributed by atoms with Crippen LogP contribution in [0.5, 0.6) is 5.75 Å². The molecule has 1 N–H and O–H groups in total. The molecule has 0 spiro atoms. The van der Waals surface area contributed by atoms with Gasteiger partial charge in [-0.3, -0.25) is 0 Å². The summed E-state index contributed by atoms with van der Waals surface area (Å²) in [4.78, 5) is 0. The van der Waals surface area contributed by atoms with E-state index in [1.165, 1.54) is 6.07 Å². The summed E-state index contributed by atoms with van der Waals surface area (Å²) >= 11 is 3.38. The molecule has 2 nitrogen and oxygen atoms in total. The van der Waals surface area contributed by atoms with Gasteiger partial charge in [0.2, 0.25) is 0 Å². The molecule has 21 heavy (non-hydrogen) atoms. The lowest BCUT2D eigenvalue weighted by atomic mass is 10.1. The number of benzene rings is 2. The van der Waals surface area contributed by atoms with E-state index in [4.69, 9.17) is 4.74 Å². The van der Waals surface area contributed by atoms with Crippen LogP contribution in [0.15, 0.2) is 46.9 Å². The first-order chi connectivity index (χ1) is 9.97. The van der Waals surface area contributed by atoms with Crippen LogP contribution in [-0.4, -0.2) is 6.10 Å². The Balaban J connectivity index is 2.23. The summed E-state index contributed by atoms with van der Waals surface area (Å²) in [5, 5.41) is 3.31. The minimum atomic E-state index is -0.222. The molecule has 0 radical (unpaired) electrons. The van der Waals surface area contributed by atoms with E-state index >= 15 is 0 Å². The standard InChI is InChI=1S/C17H19BrFNO/c1-11(2)21-17-7-5-4-6-16(17)20-12(3)14-10-13(18)8-9-15(14)19/h4-12,20H,1-3H3. The molecule has 0 saturated heterocycles. The lowest BCUT2D eigenvalue weighted by Crippen LogP contribution is -2.12. The maximum Gasteiger partial charge on any atom is 0.142 e. The van der Waals surface area contributed by atoms with Gasteiger partial charge in [-0.2, -0.15) is 0 Å². The molecule has 0 aliphatic rings. The summed E-state index contributed by atoms with van der Waals surface area (Å²) < 4.78 is 20.6. The lowest BCUT2D eigenvalue weighted by Gasteiger charge is -2.20. The number of ether oxygens (including phenoxy) is 1. The number of para-hydroxylation sites is 2. The highest BCUT2D eigenvalue weighted by atomic mass is 79.9. The SMILES string of the molecule is CC(C)Oc1ccccc1NC(C)c1cc(Br)ccc1F. The summed E-state index contributed by atoms with van der Waals surface area (Å²) in [5.74, 6) is 0.551. The fourth-order valence-corrected chi connectivity index (χ4v) is 2.48. The fraction of sp³-hybridized carbons (Fsp3) is 0.294. The average Bonchev–Trinajstić information content (AvgIpc) is 2.43. The Kier molecular flexibility index (Phi) is 5.23. The monoisotopic (exact) mass is 351 g/mol. The molecule has 4 heteroatoms. The molecule has 0 saturated carbocycles. The normalized spacial score (nSPS) is 12.3. The number of halogens is 2. The van der Waals surface area contributed by atoms with Crippen LogP contribution in [-0.2, 0) is 0 Å². The molecule has 0 bridgehead atoms. The van der Waals surface area contributed by atoms with Crippen molar-refractivity contribution in [3.05, 3.63) is 58.3 Å². The maximum absolute atomic E-state index is 13.9. The second-order valence-corrected chi connectivity index (χ2v) is 6.11. The highest BCUT2D eigenvalue weighted by Crippen LogP contribution is 2.30. The highest BCUT2D eigenvalue weighted by Gasteiger charge is 2.13. The van der Waals surface area contributed by atoms with Gasteiger partial charge in [-0.25, -0.2) is 4.39 Å². The van der Waals surface area contributed by atoms with Crippen LogP contribution in [0.25, 0.3) is 0 Å². The highest BCUT2D eigenvalue weighted by molar-refractivity contribution is 9.10. The summed E-state index contributed by atoms with van der Waals surface area (Å²) in [6.07, 6.45) is 0.0888. The molecule has 112 valence electrons. The van der Waals surface area contributed by atoms with E-state index in [2.05, 4.69) is 21.2 Å². The van der Waals surface area contributed by atoms with Gasteiger partial charge in [-0.05, 0) is 51.1 Å². The first-order valence-corrected chi connectivity index (χ1v) is 7.74. The molecule has 0 heterocycles. The molecule has 0 fully saturated rings. The zero-order valence-corrected chi connectivity index (χ0v) is 13.9. The Bertz CT molecular complexity index is 615. The third-order valence-corrected chi connectivity index (χ3v) is 3.54. The molecule has 0 aliphatic carbocycles. The zero-order valence-electron chi connectivity index (χ0n) is 12.4. The topological polar surface area (TPSA) is 21.3 Å². The van der Waals surface area contributed by atoms with Crippen molar-refractivity contribution in [3.8, 4) is 5.75 Å². The minimum Gasteiger partial charge on any atom is -0.489 e. The largest absolute Gasteiger partial charge is 0.489 e. The first-order valence-electron chi connectivity index (χ1n) is 6.94. The number of hydrogen-bond acceptors (Lipinski definition) is 2. The van der Waals surface area contributed by atoms with E-state index in [9.17, 15) is 4.39 Å². The van der Waals surface area contributed by atoms with Crippen molar-refractivity contribution in [1.82, 2.24) is 0 Å². The summed E-state index contributed by atoms with van der Waals surface area (Å²) in [5.41, 5.74) is 1.47. The van der Waals surface area contributed by atoms with E-state index in [1.54, 1.807) is 12.1 Å². The number of anilines is 1. The van der Waals surface area contributed by atoms with Gasteiger partial charge in [0.05, 0.1) is 17.8 Å². The molecule has 1 unspecified atom stereocenters. The van der Waals surface area contributed by atoms with Gasteiger partial charge in [-0.15, -0.1) is 0 Å². The quantitative estimate of drug-likeness (QED) is 0.762. The molecule has 0 aliphatic heterocycles. The Morgan fingerprint density at radius 1 is 1.10 bits per heavy atom. The zero-order chi connectivity index (χ0) is 15.4. The minimum absolute atomic E-state index is 0.0888. The van der Waals surface area contributed by atoms with E-state index in [1.807, 2.05) is 45.0 Å². The third kappa shape index (κ3) is 4.21. The molecule has 1 atom stereocenters. The summed E-state index contributed by atoms with van der Waals surface area (Å²) in [6, 6.07) is 12.5. The van der Waals surface area contributed by atoms with Crippen molar-refractivity contribution >= 4 is 21.6 Å². The van der Waals surface area contributed by atoms with E-state index in [0.717, 1.165) is 15.9 Å². The van der Waals surface area contributed by atoms with Crippen LogP contribution < -0.4 is 10.1 Å². The van der Waals surface area contributed by atoms with Crippen LogP contribution in [0.2, 0.25) is 0 Å². The van der Waals surface area contributed by atoms with Crippen molar-refractivity contribution in [2.45, 2.75) is 32.9 Å². The summed E-state index contributed by atoms with van der Waals surface area (Å²) in [7, 11) is 0. The van der Waals surface area contributed by atoms with E-state index in [0.29, 0.717) is 5.56 Å². The van der Waals surface area contributed by atoms with Crippen LogP contribution in [0.3, 0.4) is 0 Å². The first kappa shape index (κ1) is 15.8. The molecule has 0 amide bonds. The van der Waals surface area contributed by atoms with Crippen molar-refractivity contribution in [1.29, 1.82) is 0 Å². The van der Waals surface area contributed by atoms with Crippen molar-refractivity contribution in [2.75, 3.05) is 5.32 Å². The number of hydrogen-bond donors (Lipinski definition) is 1. The van der Waals surface area contributed by atoms with E-state index < -0.39 is 0 Å². The van der Waals surface area contributed by atoms with Gasteiger partial charge < -0.3 is 10.1 Å². The van der Waals surface area contributed by atoms with Gasteiger partial charge in [-0.1, -0.05) is 28.1 Å². The summed E-state index contributed by atoms with van der Waals surface area (Å²) in [6.45, 7) is 5.89. The Hall–Kier alpha value is -1.55. The molecule has 2 rings (SSSR count). The van der Waals surface area contributed by atoms with Gasteiger partial charge in [0.25, 0.3) is 0 Å². The van der Waals surface area contributed by atoms with Gasteiger partial charge in [0.15, 0.2) is 0 Å². The van der Waals surface area contributed by atoms with Crippen molar-refractivity contribution in [2.24, 2.45) is 0 Å². The molecule has 0 aromatic heterocycles. The number of rotatable bonds is 5. The maximum atomic E-state index is 13.9. The molecule has 2 aromatic carbocycles. The Labute approximate surface area is 133 Å². The Morgan fingerprint density at radius 2 is 1.81 bits per heavy atom. The van der Waals surface area contributed by atoms with Crippen molar-refractivity contribution in [3.63, 3.8) is 0 Å². The molecule has 2 aromatic rings. The molecular weight excluding hydrogens is 333 g/mol. The second-order valence-electron chi connectivity index (χ2n) is 5.19. The second kappa shape index (κ2) is 6.94. The number of nitrogens with one attached hydrogen (secondary N) is 1. The smallest absolute Gasteiger partial charge is 0.142 e. The Morgan fingerprint density at radius 3 is 2.52 bits per heavy atom. The van der Waals surface area contributed by atoms with Gasteiger partial charge >= 0.3 is 0 Å². The third-order valence-electron chi connectivity index (χ3n) is 3.05. The van der Waals surface area contributed by atoms with Crippen LogP contribution in [0.4, 0.5) is 10.1 Å². The van der Waals surface area contributed by atoms with Crippen molar-refractivity contribution < 1.29 is 9.13 Å². The van der Waals surface area contributed by atoms with Gasteiger partial charge in [0.1, 0.15) is 11.6 Å². The average molecular weight is 352 g/mol. The lowest BCUT2D eigenvalue weighted by molar-refractivity contribution is 0.243. The predicted molar refractivity (Wildman–Crippen MR) is 88.3 cm³/mol.